The number of rotatable bonds is 2. The summed E-state index contributed by atoms with van der Waals surface area (Å²) in [6, 6.07) is 2.80. The largest absolute Gasteiger partial charge is 0.381 e. The van der Waals surface area contributed by atoms with Gasteiger partial charge in [-0.1, -0.05) is 11.6 Å². The number of hydrogen-bond donors (Lipinski definition) is 2. The molecule has 7 heteroatoms. The van der Waals surface area contributed by atoms with Crippen LogP contribution in [0.5, 0.6) is 0 Å². The van der Waals surface area contributed by atoms with Gasteiger partial charge in [-0.2, -0.15) is 0 Å². The third-order valence-corrected chi connectivity index (χ3v) is 4.45. The molecule has 2 aromatic rings. The van der Waals surface area contributed by atoms with Crippen molar-refractivity contribution in [3.8, 4) is 0 Å². The van der Waals surface area contributed by atoms with E-state index in [0.717, 1.165) is 0 Å². The lowest BCUT2D eigenvalue weighted by Gasteiger charge is -2.28. The number of H-pyrrole nitrogens is 1. The molecule has 0 bridgehead atoms. The number of aromatic amines is 1. The summed E-state index contributed by atoms with van der Waals surface area (Å²) in [6.07, 6.45) is 0.425. The van der Waals surface area contributed by atoms with Crippen molar-refractivity contribution in [2.75, 3.05) is 7.11 Å². The molecule has 22 heavy (non-hydrogen) atoms. The molecule has 0 aliphatic heterocycles. The highest BCUT2D eigenvalue weighted by Gasteiger charge is 2.33. The monoisotopic (exact) mass is 324 g/mol. The van der Waals surface area contributed by atoms with Gasteiger partial charge < -0.3 is 15.5 Å². The Kier molecular flexibility index (Phi) is 3.66. The predicted molar refractivity (Wildman–Crippen MR) is 80.6 cm³/mol. The molecule has 0 saturated heterocycles. The van der Waals surface area contributed by atoms with E-state index in [4.69, 9.17) is 22.1 Å². The van der Waals surface area contributed by atoms with E-state index in [9.17, 15) is 14.0 Å². The summed E-state index contributed by atoms with van der Waals surface area (Å²) in [5.41, 5.74) is 5.87. The van der Waals surface area contributed by atoms with Gasteiger partial charge in [-0.25, -0.2) is 4.39 Å². The van der Waals surface area contributed by atoms with E-state index in [1.807, 2.05) is 0 Å². The minimum atomic E-state index is -0.718. The Bertz CT molecular complexity index is 834. The molecule has 5 nitrogen and oxygen atoms in total. The van der Waals surface area contributed by atoms with Crippen LogP contribution >= 0.6 is 11.6 Å². The van der Waals surface area contributed by atoms with Gasteiger partial charge in [-0.3, -0.25) is 9.59 Å². The fourth-order valence-electron chi connectivity index (χ4n) is 2.99. The second-order valence-corrected chi connectivity index (χ2v) is 5.79. The maximum absolute atomic E-state index is 14.2. The molecule has 3 N–H and O–H groups in total. The van der Waals surface area contributed by atoms with Gasteiger partial charge in [0.15, 0.2) is 11.2 Å². The molecule has 1 heterocycles. The van der Waals surface area contributed by atoms with Crippen LogP contribution in [0.4, 0.5) is 4.39 Å². The first-order valence-corrected chi connectivity index (χ1v) is 7.16. The number of nitrogens with two attached hydrogens (primary N) is 1. The average Bonchev–Trinajstić information content (AvgIpc) is 2.50. The number of ether oxygens (including phenoxy) is 1. The quantitative estimate of drug-likeness (QED) is 0.884. The van der Waals surface area contributed by atoms with Crippen molar-refractivity contribution in [1.29, 1.82) is 0 Å². The molecule has 0 saturated carbocycles. The van der Waals surface area contributed by atoms with Gasteiger partial charge in [-0.15, -0.1) is 0 Å². The van der Waals surface area contributed by atoms with Crippen molar-refractivity contribution >= 4 is 28.4 Å². The van der Waals surface area contributed by atoms with E-state index >= 15 is 0 Å². The smallest absolute Gasteiger partial charge is 0.226 e. The summed E-state index contributed by atoms with van der Waals surface area (Å²) in [7, 11) is 1.52. The molecule has 116 valence electrons. The van der Waals surface area contributed by atoms with Gasteiger partial charge in [0.1, 0.15) is 0 Å². The van der Waals surface area contributed by atoms with Crippen molar-refractivity contribution < 1.29 is 13.9 Å². The molecule has 0 spiro atoms. The first kappa shape index (κ1) is 15.0. The number of carbonyl (C=O) groups is 1. The zero-order chi connectivity index (χ0) is 16.0. The summed E-state index contributed by atoms with van der Waals surface area (Å²) < 4.78 is 19.5. The van der Waals surface area contributed by atoms with Crippen LogP contribution < -0.4 is 11.2 Å². The van der Waals surface area contributed by atoms with E-state index in [2.05, 4.69) is 4.98 Å². The lowest BCUT2D eigenvalue weighted by Crippen LogP contribution is -2.36. The number of primary amides is 1. The lowest BCUT2D eigenvalue weighted by atomic mass is 9.83. The summed E-state index contributed by atoms with van der Waals surface area (Å²) in [6.45, 7) is 0. The van der Waals surface area contributed by atoms with E-state index in [0.29, 0.717) is 24.1 Å². The molecule has 1 aliphatic carbocycles. The molecule has 1 aliphatic rings. The Balaban J connectivity index is 2.34. The third kappa shape index (κ3) is 2.19. The molecule has 1 aromatic heterocycles. The zero-order valence-corrected chi connectivity index (χ0v) is 12.5. The van der Waals surface area contributed by atoms with Crippen molar-refractivity contribution in [3.05, 3.63) is 44.5 Å². The highest BCUT2D eigenvalue weighted by molar-refractivity contribution is 6.31. The van der Waals surface area contributed by atoms with E-state index in [1.54, 1.807) is 0 Å². The molecular formula is C15H14ClFN2O3. The van der Waals surface area contributed by atoms with Crippen LogP contribution in [0, 0.1) is 5.82 Å². The van der Waals surface area contributed by atoms with Crippen LogP contribution in [0.3, 0.4) is 0 Å². The average molecular weight is 325 g/mol. The van der Waals surface area contributed by atoms with Gasteiger partial charge in [0.05, 0.1) is 22.6 Å². The number of hydrogen-bond acceptors (Lipinski definition) is 3. The summed E-state index contributed by atoms with van der Waals surface area (Å²) in [5, 5.41) is 0.102. The van der Waals surface area contributed by atoms with Crippen molar-refractivity contribution in [3.63, 3.8) is 0 Å². The van der Waals surface area contributed by atoms with Gasteiger partial charge in [0.2, 0.25) is 5.91 Å². The molecule has 1 amide bonds. The number of carbonyl (C=O) groups excluding carboxylic acids is 1. The summed E-state index contributed by atoms with van der Waals surface area (Å²) in [5.74, 6) is -2.01. The Labute approximate surface area is 130 Å². The Morgan fingerprint density at radius 2 is 2.23 bits per heavy atom. The van der Waals surface area contributed by atoms with Crippen molar-refractivity contribution in [2.24, 2.45) is 5.73 Å². The Morgan fingerprint density at radius 3 is 2.86 bits per heavy atom. The molecule has 2 atom stereocenters. The first-order valence-electron chi connectivity index (χ1n) is 6.79. The van der Waals surface area contributed by atoms with E-state index in [-0.39, 0.29) is 27.5 Å². The zero-order valence-electron chi connectivity index (χ0n) is 11.8. The second-order valence-electron chi connectivity index (χ2n) is 5.38. The van der Waals surface area contributed by atoms with Crippen LogP contribution in [0.15, 0.2) is 16.9 Å². The second kappa shape index (κ2) is 5.37. The number of benzene rings is 1. The van der Waals surface area contributed by atoms with Gasteiger partial charge in [0.25, 0.3) is 0 Å². The molecule has 3 rings (SSSR count). The fourth-order valence-corrected chi connectivity index (χ4v) is 3.14. The topological polar surface area (TPSA) is 85.2 Å². The van der Waals surface area contributed by atoms with Gasteiger partial charge in [0, 0.05) is 30.2 Å². The third-order valence-electron chi connectivity index (χ3n) is 4.15. The van der Waals surface area contributed by atoms with Crippen LogP contribution in [-0.2, 0) is 16.0 Å². The normalized spacial score (nSPS) is 20.9. The number of methoxy groups -OCH3 is 1. The van der Waals surface area contributed by atoms with E-state index in [1.165, 1.54) is 19.2 Å². The molecule has 0 radical (unpaired) electrons. The lowest BCUT2D eigenvalue weighted by molar-refractivity contribution is -0.120. The number of halogens is 2. The van der Waals surface area contributed by atoms with Crippen LogP contribution in [0.2, 0.25) is 5.02 Å². The Hall–Kier alpha value is -1.92. The predicted octanol–water partition coefficient (Wildman–Crippen LogP) is 1.85. The standard InChI is InChI=1S/C15H14ClFN2O3/c1-22-6-4-8-12(9(5-6)15(18)21)19-13-7(14(8)20)2-3-10(16)11(13)17/h2-3,6,9H,4-5H2,1H3,(H2,18,21)(H,19,20). The van der Waals surface area contributed by atoms with Crippen LogP contribution in [0.1, 0.15) is 23.6 Å². The highest BCUT2D eigenvalue weighted by Crippen LogP contribution is 2.32. The van der Waals surface area contributed by atoms with Gasteiger partial charge >= 0.3 is 0 Å². The number of aromatic nitrogens is 1. The van der Waals surface area contributed by atoms with Crippen molar-refractivity contribution in [1.82, 2.24) is 4.98 Å². The molecular weight excluding hydrogens is 311 g/mol. The number of pyridine rings is 1. The Morgan fingerprint density at radius 1 is 1.50 bits per heavy atom. The van der Waals surface area contributed by atoms with Crippen LogP contribution in [0.25, 0.3) is 10.9 Å². The summed E-state index contributed by atoms with van der Waals surface area (Å²) in [4.78, 5) is 27.2. The van der Waals surface area contributed by atoms with Gasteiger partial charge in [-0.05, 0) is 18.6 Å². The van der Waals surface area contributed by atoms with E-state index < -0.39 is 17.6 Å². The SMILES string of the molecule is COC1Cc2c([nH]c3c(F)c(Cl)ccc3c2=O)C(C(N)=O)C1. The first-order chi connectivity index (χ1) is 10.4. The number of fused-ring (bicyclic) bond motifs is 2. The summed E-state index contributed by atoms with van der Waals surface area (Å²) >= 11 is 5.76. The maximum Gasteiger partial charge on any atom is 0.226 e. The minimum absolute atomic E-state index is 0.00151. The van der Waals surface area contributed by atoms with Crippen LogP contribution in [-0.4, -0.2) is 24.1 Å². The maximum atomic E-state index is 14.2. The minimum Gasteiger partial charge on any atom is -0.381 e. The molecule has 0 fully saturated rings. The van der Waals surface area contributed by atoms with Crippen molar-refractivity contribution in [2.45, 2.75) is 24.9 Å². The highest BCUT2D eigenvalue weighted by atomic mass is 35.5. The fraction of sp³-hybridized carbons (Fsp3) is 0.333. The molecule has 2 unspecified atom stereocenters. The molecule has 1 aromatic carbocycles. The number of amides is 1. The number of nitrogens with one attached hydrogen (secondary N) is 1.